The maximum atomic E-state index is 12.7. The van der Waals surface area contributed by atoms with E-state index in [2.05, 4.69) is 95.6 Å². The van der Waals surface area contributed by atoms with Gasteiger partial charge in [0.15, 0.2) is 11.4 Å². The van der Waals surface area contributed by atoms with E-state index in [1.807, 2.05) is 30.1 Å². The highest BCUT2D eigenvalue weighted by atomic mass is 32.2. The summed E-state index contributed by atoms with van der Waals surface area (Å²) in [6.07, 6.45) is 11.6. The number of carbonyl (C=O) groups excluding carboxylic acids is 1. The van der Waals surface area contributed by atoms with Crippen LogP contribution in [-0.4, -0.2) is 116 Å². The first-order valence-corrected chi connectivity index (χ1v) is 21.0. The van der Waals surface area contributed by atoms with E-state index in [9.17, 15) is 4.79 Å². The number of fused-ring (bicyclic) bond motifs is 3. The minimum Gasteiger partial charge on any atom is -0.446 e. The fraction of sp³-hybridized carbons (Fsp3) is 0.610. The number of alkyl carbamates (subject to hydrolysis) is 1. The normalized spacial score (nSPS) is 23.1. The zero-order valence-electron chi connectivity index (χ0n) is 32.1. The van der Waals surface area contributed by atoms with Gasteiger partial charge in [0, 0.05) is 75.0 Å². The van der Waals surface area contributed by atoms with Crippen molar-refractivity contribution in [2.45, 2.75) is 76.7 Å². The van der Waals surface area contributed by atoms with Crippen molar-refractivity contribution in [2.24, 2.45) is 17.8 Å². The van der Waals surface area contributed by atoms with Crippen LogP contribution in [0.15, 0.2) is 53.4 Å². The summed E-state index contributed by atoms with van der Waals surface area (Å²) < 4.78 is 21.0. The Hall–Kier alpha value is -2.89. The van der Waals surface area contributed by atoms with Crippen molar-refractivity contribution in [3.63, 3.8) is 0 Å². The van der Waals surface area contributed by atoms with Gasteiger partial charge in [-0.15, -0.1) is 12.8 Å². The number of thiazole rings is 1. The second kappa shape index (κ2) is 21.3. The van der Waals surface area contributed by atoms with Crippen LogP contribution >= 0.6 is 23.3 Å². The third-order valence-electron chi connectivity index (χ3n) is 10.4. The lowest BCUT2D eigenvalue weighted by molar-refractivity contribution is -0.131. The van der Waals surface area contributed by atoms with Crippen LogP contribution in [0.2, 0.25) is 0 Å². The summed E-state index contributed by atoms with van der Waals surface area (Å²) in [6, 6.07) is 17.5. The molecule has 290 valence electrons. The van der Waals surface area contributed by atoms with E-state index in [1.54, 1.807) is 11.3 Å². The summed E-state index contributed by atoms with van der Waals surface area (Å²) in [7, 11) is 0. The summed E-state index contributed by atoms with van der Waals surface area (Å²) in [6.45, 7) is 19.2. The Kier molecular flexibility index (Phi) is 16.6. The van der Waals surface area contributed by atoms with Gasteiger partial charge in [-0.2, -0.15) is 0 Å². The summed E-state index contributed by atoms with van der Waals surface area (Å²) in [5.74, 6) is 1.11. The Balaban J connectivity index is 0.000000534. The van der Waals surface area contributed by atoms with E-state index in [-0.39, 0.29) is 30.3 Å². The molecule has 1 amide bonds. The zero-order valence-corrected chi connectivity index (χ0v) is 33.7. The molecule has 10 nitrogen and oxygen atoms in total. The van der Waals surface area contributed by atoms with Crippen molar-refractivity contribution in [1.29, 1.82) is 0 Å². The Morgan fingerprint density at radius 2 is 1.89 bits per heavy atom. The molecule has 0 aliphatic carbocycles. The number of aromatic nitrogens is 1. The zero-order chi connectivity index (χ0) is 37.6. The van der Waals surface area contributed by atoms with Crippen LogP contribution in [0.25, 0.3) is 10.2 Å². The molecular weight excluding hydrogens is 705 g/mol. The molecule has 5 heterocycles. The van der Waals surface area contributed by atoms with Crippen molar-refractivity contribution in [3.05, 3.63) is 54.1 Å². The number of rotatable bonds is 14. The quantitative estimate of drug-likeness (QED) is 0.0998. The summed E-state index contributed by atoms with van der Waals surface area (Å²) in [5, 5.41) is 7.55. The van der Waals surface area contributed by atoms with Gasteiger partial charge in [-0.3, -0.25) is 0 Å². The molecule has 4 saturated heterocycles. The summed E-state index contributed by atoms with van der Waals surface area (Å²) in [4.78, 5) is 23.8. The molecule has 2 N–H and O–H groups in total. The molecule has 4 fully saturated rings. The molecule has 4 atom stereocenters. The molecule has 3 aromatic rings. The van der Waals surface area contributed by atoms with Crippen molar-refractivity contribution in [2.75, 3.05) is 77.4 Å². The van der Waals surface area contributed by atoms with Crippen molar-refractivity contribution < 1.29 is 19.0 Å². The molecule has 0 spiro atoms. The standard InChI is InChI=1S/C32H50N6O4S2.C7H8.C2H2/c1-22(2)37-18-24(19-37)20-38(14-6-10-34-32(39)42-28-9-16-40-30-23(3)26(28)21-41-30)44-25-7-8-27-29(17-25)43-31(35-27)33-11-15-36-12-4-5-13-36;1-7-5-3-2-4-6-7;1-2/h7-8,17,22-24,26,28,30H,4-6,9-16,18-21H2,1-3H3,(H,33,35)(H,34,39);2-6H,1H3;1-2H. The minimum atomic E-state index is -0.334. The number of nitrogens with one attached hydrogen (secondary N) is 2. The van der Waals surface area contributed by atoms with Gasteiger partial charge >= 0.3 is 6.09 Å². The van der Waals surface area contributed by atoms with Crippen LogP contribution < -0.4 is 10.6 Å². The summed E-state index contributed by atoms with van der Waals surface area (Å²) in [5.41, 5.74) is 2.38. The Morgan fingerprint density at radius 1 is 1.11 bits per heavy atom. The second-order valence-corrected chi connectivity index (χ2v) is 17.0. The topological polar surface area (TPSA) is 91.4 Å². The van der Waals surface area contributed by atoms with Crippen LogP contribution in [0.3, 0.4) is 0 Å². The number of ether oxygens (including phenoxy) is 3. The number of aryl methyl sites for hydroxylation is 1. The molecule has 2 aromatic carbocycles. The lowest BCUT2D eigenvalue weighted by Crippen LogP contribution is -2.53. The predicted octanol–water partition coefficient (Wildman–Crippen LogP) is 7.21. The van der Waals surface area contributed by atoms with Crippen LogP contribution in [0.4, 0.5) is 9.93 Å². The smallest absolute Gasteiger partial charge is 0.407 e. The molecule has 7 rings (SSSR count). The molecule has 4 aliphatic rings. The lowest BCUT2D eigenvalue weighted by atomic mass is 9.90. The van der Waals surface area contributed by atoms with E-state index in [4.69, 9.17) is 19.2 Å². The van der Waals surface area contributed by atoms with Crippen LogP contribution in [0, 0.1) is 37.5 Å². The number of terminal acetylenes is 1. The van der Waals surface area contributed by atoms with Crippen molar-refractivity contribution in [3.8, 4) is 12.8 Å². The van der Waals surface area contributed by atoms with E-state index < -0.39 is 0 Å². The SMILES string of the molecule is C#C.CC1C2OCCC(OC(=O)NCCCN(CC3CN(C(C)C)C3)Sc3ccc4nc(NCCN5CCCC5)sc4c3)C1CO2.Cc1ccccc1. The van der Waals surface area contributed by atoms with E-state index in [0.29, 0.717) is 31.7 Å². The first-order chi connectivity index (χ1) is 25.8. The number of anilines is 1. The van der Waals surface area contributed by atoms with Gasteiger partial charge < -0.3 is 34.6 Å². The Labute approximate surface area is 325 Å². The molecule has 2 bridgehead atoms. The van der Waals surface area contributed by atoms with Gasteiger partial charge in [0.05, 0.1) is 23.4 Å². The minimum absolute atomic E-state index is 0.158. The van der Waals surface area contributed by atoms with Crippen LogP contribution in [-0.2, 0) is 14.2 Å². The average molecular weight is 765 g/mol. The fourth-order valence-electron chi connectivity index (χ4n) is 7.30. The van der Waals surface area contributed by atoms with Gasteiger partial charge in [0.1, 0.15) is 6.10 Å². The Bertz CT molecular complexity index is 1540. The van der Waals surface area contributed by atoms with Gasteiger partial charge in [-0.25, -0.2) is 14.1 Å². The van der Waals surface area contributed by atoms with Gasteiger partial charge in [-0.05, 0) is 89.2 Å². The molecule has 0 saturated carbocycles. The van der Waals surface area contributed by atoms with E-state index >= 15 is 0 Å². The number of nitrogens with zero attached hydrogens (tertiary/aromatic N) is 4. The first kappa shape index (κ1) is 41.3. The third kappa shape index (κ3) is 12.6. The van der Waals surface area contributed by atoms with Gasteiger partial charge in [0.2, 0.25) is 0 Å². The van der Waals surface area contributed by atoms with Gasteiger partial charge in [-0.1, -0.05) is 54.2 Å². The maximum absolute atomic E-state index is 12.7. The van der Waals surface area contributed by atoms with E-state index in [0.717, 1.165) is 62.8 Å². The lowest BCUT2D eigenvalue weighted by Gasteiger charge is -2.43. The molecule has 0 radical (unpaired) electrons. The average Bonchev–Trinajstić information content (AvgIpc) is 3.86. The molecule has 53 heavy (non-hydrogen) atoms. The van der Waals surface area contributed by atoms with E-state index in [1.165, 1.54) is 41.1 Å². The molecule has 4 aliphatic heterocycles. The third-order valence-corrected chi connectivity index (χ3v) is 12.5. The number of carbonyl (C=O) groups is 1. The largest absolute Gasteiger partial charge is 0.446 e. The number of likely N-dealkylation sites (tertiary alicyclic amines) is 2. The Morgan fingerprint density at radius 3 is 2.60 bits per heavy atom. The number of amides is 1. The number of hydrogen-bond donors (Lipinski definition) is 2. The van der Waals surface area contributed by atoms with Crippen molar-refractivity contribution in [1.82, 2.24) is 24.4 Å². The van der Waals surface area contributed by atoms with Gasteiger partial charge in [0.25, 0.3) is 0 Å². The number of hydrogen-bond acceptors (Lipinski definition) is 11. The number of benzene rings is 2. The predicted molar refractivity (Wildman–Crippen MR) is 218 cm³/mol. The molecule has 4 unspecified atom stereocenters. The summed E-state index contributed by atoms with van der Waals surface area (Å²) >= 11 is 3.57. The molecule has 12 heteroatoms. The monoisotopic (exact) mass is 764 g/mol. The second-order valence-electron chi connectivity index (χ2n) is 14.8. The highest BCUT2D eigenvalue weighted by molar-refractivity contribution is 7.97. The first-order valence-electron chi connectivity index (χ1n) is 19.4. The fourth-order valence-corrected chi connectivity index (χ4v) is 9.41. The highest BCUT2D eigenvalue weighted by Gasteiger charge is 2.43. The molecule has 1 aromatic heterocycles. The van der Waals surface area contributed by atoms with Crippen molar-refractivity contribution >= 4 is 44.7 Å². The van der Waals surface area contributed by atoms with Crippen LogP contribution in [0.5, 0.6) is 0 Å². The van der Waals surface area contributed by atoms with Crippen LogP contribution in [0.1, 0.15) is 52.0 Å². The highest BCUT2D eigenvalue weighted by Crippen LogP contribution is 2.36. The maximum Gasteiger partial charge on any atom is 0.407 e. The molecular formula is C41H60N6O4S2.